The number of hydrogen-bond acceptors (Lipinski definition) is 4. The van der Waals surface area contributed by atoms with E-state index in [-0.39, 0.29) is 25.2 Å². The number of urea groups is 1. The van der Waals surface area contributed by atoms with Gasteiger partial charge in [-0.05, 0) is 48.6 Å². The van der Waals surface area contributed by atoms with Crippen LogP contribution in [0.15, 0.2) is 30.6 Å². The number of anilines is 2. The largest absolute Gasteiger partial charge is 0.389 e. The molecule has 2 fully saturated rings. The van der Waals surface area contributed by atoms with Crippen molar-refractivity contribution in [2.24, 2.45) is 5.92 Å². The van der Waals surface area contributed by atoms with Crippen molar-refractivity contribution in [2.45, 2.75) is 25.9 Å². The number of likely N-dealkylation sites (tertiary alicyclic amines) is 1. The maximum atomic E-state index is 14.9. The van der Waals surface area contributed by atoms with Crippen LogP contribution in [-0.2, 0) is 4.74 Å². The number of ether oxygens (including phenoxy) is 1. The lowest BCUT2D eigenvalue weighted by Crippen LogP contribution is -2.36. The molecule has 2 aromatic heterocycles. The van der Waals surface area contributed by atoms with Crippen LogP contribution >= 0.6 is 0 Å². The lowest BCUT2D eigenvalue weighted by atomic mass is 10.00. The molecule has 37 heavy (non-hydrogen) atoms. The monoisotopic (exact) mass is 523 g/mol. The van der Waals surface area contributed by atoms with Gasteiger partial charge in [-0.1, -0.05) is 0 Å². The highest BCUT2D eigenvalue weighted by molar-refractivity contribution is 5.91. The van der Waals surface area contributed by atoms with E-state index in [1.807, 2.05) is 11.0 Å². The summed E-state index contributed by atoms with van der Waals surface area (Å²) in [5, 5.41) is 2.51. The Hall–Kier alpha value is -3.41. The second-order valence-corrected chi connectivity index (χ2v) is 9.49. The maximum absolute atomic E-state index is 14.9. The van der Waals surface area contributed by atoms with Gasteiger partial charge in [-0.25, -0.2) is 14.2 Å². The number of nitrogens with one attached hydrogen (secondary N) is 1. The number of morpholine rings is 1. The summed E-state index contributed by atoms with van der Waals surface area (Å²) in [6.07, 6.45) is -2.33. The van der Waals surface area contributed by atoms with E-state index in [1.165, 1.54) is 21.4 Å². The van der Waals surface area contributed by atoms with Gasteiger partial charge in [0.1, 0.15) is 5.82 Å². The number of benzene rings is 1. The molecular weight excluding hydrogens is 497 g/mol. The van der Waals surface area contributed by atoms with E-state index < -0.39 is 36.3 Å². The van der Waals surface area contributed by atoms with Crippen LogP contribution in [0.5, 0.6) is 0 Å². The van der Waals surface area contributed by atoms with Gasteiger partial charge < -0.3 is 19.9 Å². The average Bonchev–Trinajstić information content (AvgIpc) is 3.46. The molecule has 0 saturated carbocycles. The molecule has 1 unspecified atom stereocenters. The van der Waals surface area contributed by atoms with Crippen molar-refractivity contribution >= 4 is 23.1 Å². The minimum atomic E-state index is -4.30. The molecule has 0 bridgehead atoms. The van der Waals surface area contributed by atoms with Crippen molar-refractivity contribution in [1.82, 2.24) is 14.3 Å². The Balaban J connectivity index is 1.44. The highest BCUT2D eigenvalue weighted by atomic mass is 19.4. The van der Waals surface area contributed by atoms with Gasteiger partial charge in [0.15, 0.2) is 5.65 Å². The van der Waals surface area contributed by atoms with Crippen LogP contribution in [0.3, 0.4) is 0 Å². The van der Waals surface area contributed by atoms with Crippen LogP contribution in [0.1, 0.15) is 18.4 Å². The first-order valence-corrected chi connectivity index (χ1v) is 12.0. The average molecular weight is 524 g/mol. The molecule has 198 valence electrons. The third-order valence-corrected chi connectivity index (χ3v) is 6.85. The van der Waals surface area contributed by atoms with Gasteiger partial charge in [-0.2, -0.15) is 17.6 Å². The molecule has 0 aliphatic carbocycles. The Morgan fingerprint density at radius 2 is 1.92 bits per heavy atom. The standard InChI is InChI=1S/C25H26F5N5O2/c1-15-8-19(26)20(32-24(36)34-3-2-16(13-34)11-25(28,29)30)10-18(15)17-9-21(33-4-6-37-7-5-33)23-31-12-22(27)35(23)14-17/h8-10,12,14,16H,2-7,11,13H2,1H3,(H,32,36). The summed E-state index contributed by atoms with van der Waals surface area (Å²) >= 11 is 0. The van der Waals surface area contributed by atoms with Crippen LogP contribution in [0.25, 0.3) is 16.8 Å². The molecule has 2 aliphatic rings. The Morgan fingerprint density at radius 3 is 2.65 bits per heavy atom. The number of carbonyl (C=O) groups is 1. The van der Waals surface area contributed by atoms with E-state index in [2.05, 4.69) is 10.3 Å². The van der Waals surface area contributed by atoms with Gasteiger partial charge in [-0.3, -0.25) is 4.40 Å². The van der Waals surface area contributed by atoms with E-state index >= 15 is 0 Å². The van der Waals surface area contributed by atoms with Gasteiger partial charge in [0, 0.05) is 44.4 Å². The number of alkyl halides is 3. The second kappa shape index (κ2) is 9.81. The molecule has 2 aliphatic heterocycles. The van der Waals surface area contributed by atoms with Gasteiger partial charge in [0.05, 0.1) is 30.8 Å². The number of amides is 2. The number of carbonyl (C=O) groups excluding carboxylic acids is 1. The van der Waals surface area contributed by atoms with Crippen molar-refractivity contribution < 1.29 is 31.5 Å². The van der Waals surface area contributed by atoms with Crippen molar-refractivity contribution in [3.8, 4) is 11.1 Å². The van der Waals surface area contributed by atoms with Crippen LogP contribution in [0.2, 0.25) is 0 Å². The number of aryl methyl sites for hydroxylation is 1. The molecule has 0 spiro atoms. The third kappa shape index (κ3) is 5.34. The third-order valence-electron chi connectivity index (χ3n) is 6.85. The summed E-state index contributed by atoms with van der Waals surface area (Å²) in [5.41, 5.74) is 2.76. The Bertz CT molecular complexity index is 1320. The fourth-order valence-corrected chi connectivity index (χ4v) is 5.01. The minimum Gasteiger partial charge on any atom is -0.378 e. The van der Waals surface area contributed by atoms with E-state index in [0.29, 0.717) is 54.3 Å². The zero-order valence-corrected chi connectivity index (χ0v) is 20.1. The Morgan fingerprint density at radius 1 is 1.16 bits per heavy atom. The summed E-state index contributed by atoms with van der Waals surface area (Å²) in [6, 6.07) is 3.92. The zero-order valence-electron chi connectivity index (χ0n) is 20.1. The fourth-order valence-electron chi connectivity index (χ4n) is 5.01. The number of pyridine rings is 1. The molecule has 2 amide bonds. The molecule has 4 heterocycles. The smallest absolute Gasteiger partial charge is 0.378 e. The van der Waals surface area contributed by atoms with Crippen LogP contribution in [-0.4, -0.2) is 65.9 Å². The van der Waals surface area contributed by atoms with Crippen LogP contribution < -0.4 is 10.2 Å². The van der Waals surface area contributed by atoms with Crippen molar-refractivity contribution in [2.75, 3.05) is 49.6 Å². The summed E-state index contributed by atoms with van der Waals surface area (Å²) in [5.74, 6) is -1.91. The molecule has 3 aromatic rings. The first-order valence-electron chi connectivity index (χ1n) is 12.0. The normalized spacial score (nSPS) is 18.6. The number of fused-ring (bicyclic) bond motifs is 1. The predicted octanol–water partition coefficient (Wildman–Crippen LogP) is 5.23. The highest BCUT2D eigenvalue weighted by Crippen LogP contribution is 2.35. The topological polar surface area (TPSA) is 62.1 Å². The van der Waals surface area contributed by atoms with Gasteiger partial charge in [-0.15, -0.1) is 0 Å². The molecule has 1 aromatic carbocycles. The predicted molar refractivity (Wildman–Crippen MR) is 128 cm³/mol. The van der Waals surface area contributed by atoms with Crippen molar-refractivity contribution in [3.63, 3.8) is 0 Å². The molecular formula is C25H26F5N5O2. The number of hydrogen-bond donors (Lipinski definition) is 1. The quantitative estimate of drug-likeness (QED) is 0.476. The molecule has 0 radical (unpaired) electrons. The number of nitrogens with zero attached hydrogens (tertiary/aromatic N) is 4. The molecule has 12 heteroatoms. The first-order chi connectivity index (χ1) is 17.6. The lowest BCUT2D eigenvalue weighted by molar-refractivity contribution is -0.143. The van der Waals surface area contributed by atoms with Crippen LogP contribution in [0, 0.1) is 24.6 Å². The van der Waals surface area contributed by atoms with Gasteiger partial charge in [0.25, 0.3) is 0 Å². The van der Waals surface area contributed by atoms with Gasteiger partial charge in [0.2, 0.25) is 5.95 Å². The number of rotatable bonds is 4. The molecule has 5 rings (SSSR count). The Kier molecular flexibility index (Phi) is 6.69. The van der Waals surface area contributed by atoms with Crippen molar-refractivity contribution in [1.29, 1.82) is 0 Å². The first kappa shape index (κ1) is 25.2. The molecule has 7 nitrogen and oxygen atoms in total. The Labute approximate surface area is 209 Å². The summed E-state index contributed by atoms with van der Waals surface area (Å²) < 4.78 is 74.3. The zero-order chi connectivity index (χ0) is 26.3. The van der Waals surface area contributed by atoms with E-state index in [9.17, 15) is 26.7 Å². The summed E-state index contributed by atoms with van der Waals surface area (Å²) in [6.45, 7) is 4.05. The van der Waals surface area contributed by atoms with Crippen LogP contribution in [0.4, 0.5) is 38.1 Å². The highest BCUT2D eigenvalue weighted by Gasteiger charge is 2.36. The van der Waals surface area contributed by atoms with E-state index in [1.54, 1.807) is 13.1 Å². The fraction of sp³-hybridized carbons (Fsp3) is 0.440. The van der Waals surface area contributed by atoms with E-state index in [0.717, 1.165) is 6.20 Å². The minimum absolute atomic E-state index is 0.0504. The molecule has 1 N–H and O–H groups in total. The lowest BCUT2D eigenvalue weighted by Gasteiger charge is -2.29. The second-order valence-electron chi connectivity index (χ2n) is 9.49. The SMILES string of the molecule is Cc1cc(F)c(NC(=O)N2CCC(CC(F)(F)F)C2)cc1-c1cc(N2CCOCC2)c2ncc(F)n2c1. The van der Waals surface area contributed by atoms with Gasteiger partial charge >= 0.3 is 12.2 Å². The summed E-state index contributed by atoms with van der Waals surface area (Å²) in [7, 11) is 0. The van der Waals surface area contributed by atoms with E-state index in [4.69, 9.17) is 4.74 Å². The molecule has 2 saturated heterocycles. The maximum Gasteiger partial charge on any atom is 0.389 e. The summed E-state index contributed by atoms with van der Waals surface area (Å²) in [4.78, 5) is 20.3. The van der Waals surface area contributed by atoms with Crippen molar-refractivity contribution in [3.05, 3.63) is 47.9 Å². The molecule has 1 atom stereocenters. The number of halogens is 5. The number of aromatic nitrogens is 2. The number of imidazole rings is 1.